The van der Waals surface area contributed by atoms with Crippen molar-refractivity contribution in [3.63, 3.8) is 0 Å². The number of carbonyl (C=O) groups excluding carboxylic acids is 1. The molecule has 0 heterocycles. The molecule has 22 heavy (non-hydrogen) atoms. The normalized spacial score (nSPS) is 11.5. The van der Waals surface area contributed by atoms with Gasteiger partial charge < -0.3 is 14.8 Å². The highest BCUT2D eigenvalue weighted by Gasteiger charge is 2.36. The molecule has 0 saturated heterocycles. The molecule has 0 radical (unpaired) electrons. The Morgan fingerprint density at radius 3 is 2.14 bits per heavy atom. The van der Waals surface area contributed by atoms with E-state index in [1.807, 2.05) is 5.32 Å². The monoisotopic (exact) mass is 328 g/mol. The van der Waals surface area contributed by atoms with Gasteiger partial charge >= 0.3 is 12.7 Å². The number of benzene rings is 1. The minimum Gasteiger partial charge on any atom is -0.402 e. The standard InChI is InChI=1S/C11H6F6N2O3/c12-10(13,14)21-7-2-1-6(19-9(20)3-4-18)5-8(7)22-11(15,16)17/h1-2,5H,3H2,(H,19,20). The summed E-state index contributed by atoms with van der Waals surface area (Å²) in [5.41, 5.74) is -0.297. The van der Waals surface area contributed by atoms with Gasteiger partial charge in [0.25, 0.3) is 0 Å². The maximum Gasteiger partial charge on any atom is 0.573 e. The minimum atomic E-state index is -5.26. The van der Waals surface area contributed by atoms with E-state index in [0.29, 0.717) is 12.1 Å². The number of alkyl halides is 6. The summed E-state index contributed by atoms with van der Waals surface area (Å²) in [6.45, 7) is 0. The van der Waals surface area contributed by atoms with Crippen LogP contribution in [0.4, 0.5) is 32.0 Å². The van der Waals surface area contributed by atoms with Crippen LogP contribution in [-0.2, 0) is 4.79 Å². The smallest absolute Gasteiger partial charge is 0.402 e. The Kier molecular flexibility index (Phi) is 5.08. The lowest BCUT2D eigenvalue weighted by Gasteiger charge is -2.16. The van der Waals surface area contributed by atoms with E-state index in [0.717, 1.165) is 6.07 Å². The van der Waals surface area contributed by atoms with Crippen LogP contribution in [0.3, 0.4) is 0 Å². The average molecular weight is 328 g/mol. The summed E-state index contributed by atoms with van der Waals surface area (Å²) in [4.78, 5) is 11.1. The lowest BCUT2D eigenvalue weighted by Crippen LogP contribution is -2.21. The third kappa shape index (κ3) is 6.21. The highest BCUT2D eigenvalue weighted by Crippen LogP contribution is 2.37. The topological polar surface area (TPSA) is 71.4 Å². The first-order chi connectivity index (χ1) is 10.00. The van der Waals surface area contributed by atoms with Gasteiger partial charge in [-0.1, -0.05) is 0 Å². The van der Waals surface area contributed by atoms with E-state index in [4.69, 9.17) is 5.26 Å². The molecule has 0 aliphatic heterocycles. The molecule has 0 aliphatic rings. The first-order valence-electron chi connectivity index (χ1n) is 5.32. The van der Waals surface area contributed by atoms with Crippen LogP contribution in [0.2, 0.25) is 0 Å². The SMILES string of the molecule is N#CCC(=O)Nc1ccc(OC(F)(F)F)c(OC(F)(F)F)c1. The molecule has 0 saturated carbocycles. The molecule has 11 heteroatoms. The van der Waals surface area contributed by atoms with Crippen molar-refractivity contribution in [2.75, 3.05) is 5.32 Å². The highest BCUT2D eigenvalue weighted by molar-refractivity contribution is 5.92. The molecule has 0 aromatic heterocycles. The third-order valence-corrected chi connectivity index (χ3v) is 1.92. The predicted octanol–water partition coefficient (Wildman–Crippen LogP) is 3.34. The van der Waals surface area contributed by atoms with Gasteiger partial charge in [0.2, 0.25) is 5.91 Å². The van der Waals surface area contributed by atoms with Crippen molar-refractivity contribution in [1.29, 1.82) is 5.26 Å². The Morgan fingerprint density at radius 2 is 1.64 bits per heavy atom. The number of nitrogens with one attached hydrogen (secondary N) is 1. The Labute approximate surface area is 119 Å². The number of rotatable bonds is 4. The van der Waals surface area contributed by atoms with Crippen LogP contribution in [0.1, 0.15) is 6.42 Å². The van der Waals surface area contributed by atoms with E-state index in [-0.39, 0.29) is 5.69 Å². The second-order valence-corrected chi connectivity index (χ2v) is 3.64. The van der Waals surface area contributed by atoms with E-state index in [1.54, 1.807) is 0 Å². The van der Waals surface area contributed by atoms with Gasteiger partial charge in [-0.05, 0) is 12.1 Å². The fourth-order valence-corrected chi connectivity index (χ4v) is 1.28. The van der Waals surface area contributed by atoms with Crippen LogP contribution < -0.4 is 14.8 Å². The van der Waals surface area contributed by atoms with E-state index < -0.39 is 36.6 Å². The van der Waals surface area contributed by atoms with Crippen LogP contribution >= 0.6 is 0 Å². The number of hydrogen-bond acceptors (Lipinski definition) is 4. The number of ether oxygens (including phenoxy) is 2. The molecule has 1 aromatic rings. The van der Waals surface area contributed by atoms with Crippen LogP contribution in [-0.4, -0.2) is 18.6 Å². The first-order valence-corrected chi connectivity index (χ1v) is 5.32. The Hall–Kier alpha value is -2.64. The molecular formula is C11H6F6N2O3. The molecule has 0 spiro atoms. The van der Waals surface area contributed by atoms with Gasteiger partial charge in [0, 0.05) is 11.8 Å². The number of amides is 1. The number of nitriles is 1. The molecule has 1 rings (SSSR count). The van der Waals surface area contributed by atoms with Gasteiger partial charge in [0.15, 0.2) is 11.5 Å². The van der Waals surface area contributed by atoms with Crippen molar-refractivity contribution in [1.82, 2.24) is 0 Å². The van der Waals surface area contributed by atoms with Crippen LogP contribution in [0.15, 0.2) is 18.2 Å². The fraction of sp³-hybridized carbons (Fsp3) is 0.273. The van der Waals surface area contributed by atoms with Crippen molar-refractivity contribution in [2.24, 2.45) is 0 Å². The zero-order chi connectivity index (χ0) is 17.0. The zero-order valence-corrected chi connectivity index (χ0v) is 10.4. The van der Waals surface area contributed by atoms with Crippen molar-refractivity contribution in [2.45, 2.75) is 19.1 Å². The van der Waals surface area contributed by atoms with Crippen molar-refractivity contribution in [3.05, 3.63) is 18.2 Å². The quantitative estimate of drug-likeness (QED) is 0.861. The zero-order valence-electron chi connectivity index (χ0n) is 10.4. The van der Waals surface area contributed by atoms with Crippen molar-refractivity contribution in [3.8, 4) is 17.6 Å². The average Bonchev–Trinajstić information content (AvgIpc) is 2.29. The summed E-state index contributed by atoms with van der Waals surface area (Å²) in [7, 11) is 0. The molecule has 120 valence electrons. The molecule has 0 atom stereocenters. The highest BCUT2D eigenvalue weighted by atomic mass is 19.4. The largest absolute Gasteiger partial charge is 0.573 e. The second kappa shape index (κ2) is 6.42. The van der Waals surface area contributed by atoms with Gasteiger partial charge in [0.1, 0.15) is 6.42 Å². The fourth-order valence-electron chi connectivity index (χ4n) is 1.28. The Morgan fingerprint density at radius 1 is 1.09 bits per heavy atom. The van der Waals surface area contributed by atoms with E-state index >= 15 is 0 Å². The third-order valence-electron chi connectivity index (χ3n) is 1.92. The van der Waals surface area contributed by atoms with Crippen LogP contribution in [0.25, 0.3) is 0 Å². The van der Waals surface area contributed by atoms with Gasteiger partial charge in [-0.3, -0.25) is 4.79 Å². The molecule has 0 unspecified atom stereocenters. The summed E-state index contributed by atoms with van der Waals surface area (Å²) < 4.78 is 79.7. The summed E-state index contributed by atoms with van der Waals surface area (Å²) in [5.74, 6) is -3.38. The lowest BCUT2D eigenvalue weighted by atomic mass is 10.2. The number of hydrogen-bond donors (Lipinski definition) is 1. The van der Waals surface area contributed by atoms with Crippen LogP contribution in [0.5, 0.6) is 11.5 Å². The molecule has 5 nitrogen and oxygen atoms in total. The van der Waals surface area contributed by atoms with Gasteiger partial charge in [-0.15, -0.1) is 26.3 Å². The maximum absolute atomic E-state index is 12.2. The molecule has 1 N–H and O–H groups in total. The van der Waals surface area contributed by atoms with Crippen molar-refractivity contribution < 1.29 is 40.6 Å². The number of nitrogens with zero attached hydrogens (tertiary/aromatic N) is 1. The molecule has 0 fully saturated rings. The van der Waals surface area contributed by atoms with Gasteiger partial charge in [-0.25, -0.2) is 0 Å². The lowest BCUT2D eigenvalue weighted by molar-refractivity contribution is -0.287. The summed E-state index contributed by atoms with van der Waals surface area (Å²) in [6.07, 6.45) is -11.1. The summed E-state index contributed by atoms with van der Waals surface area (Å²) in [5, 5.41) is 10.3. The number of carbonyl (C=O) groups is 1. The number of anilines is 1. The molecule has 0 bridgehead atoms. The minimum absolute atomic E-state index is 0.297. The number of halogens is 6. The van der Waals surface area contributed by atoms with Crippen LogP contribution in [0, 0.1) is 11.3 Å². The summed E-state index contributed by atoms with van der Waals surface area (Å²) in [6, 6.07) is 3.38. The molecular weight excluding hydrogens is 322 g/mol. The molecule has 0 aliphatic carbocycles. The Bertz CT molecular complexity index is 591. The van der Waals surface area contributed by atoms with E-state index in [2.05, 4.69) is 9.47 Å². The Balaban J connectivity index is 3.09. The summed E-state index contributed by atoms with van der Waals surface area (Å²) >= 11 is 0. The maximum atomic E-state index is 12.2. The predicted molar refractivity (Wildman–Crippen MR) is 58.7 cm³/mol. The first kappa shape index (κ1) is 17.4. The van der Waals surface area contributed by atoms with Crippen molar-refractivity contribution >= 4 is 11.6 Å². The van der Waals surface area contributed by atoms with Gasteiger partial charge in [0.05, 0.1) is 6.07 Å². The van der Waals surface area contributed by atoms with E-state index in [1.165, 1.54) is 6.07 Å². The second-order valence-electron chi connectivity index (χ2n) is 3.64. The van der Waals surface area contributed by atoms with E-state index in [9.17, 15) is 31.1 Å². The van der Waals surface area contributed by atoms with Gasteiger partial charge in [-0.2, -0.15) is 5.26 Å². The molecule has 1 amide bonds. The molecule has 1 aromatic carbocycles.